The van der Waals surface area contributed by atoms with Crippen LogP contribution in [0.15, 0.2) is 0 Å². The Bertz CT molecular complexity index is 266. The molecule has 0 aromatic carbocycles. The first-order valence-electron chi connectivity index (χ1n) is 5.72. The molecule has 4 nitrogen and oxygen atoms in total. The maximum absolute atomic E-state index is 10.6. The predicted molar refractivity (Wildman–Crippen MR) is 59.9 cm³/mol. The number of nitrogens with two attached hydrogens (primary N) is 1. The van der Waals surface area contributed by atoms with Gasteiger partial charge in [-0.05, 0) is 45.4 Å². The minimum Gasteiger partial charge on any atom is -0.475 e. The van der Waals surface area contributed by atoms with Gasteiger partial charge in [-0.25, -0.2) is 4.79 Å². The van der Waals surface area contributed by atoms with Crippen molar-refractivity contribution in [2.45, 2.75) is 57.3 Å². The molecule has 0 amide bonds. The zero-order valence-corrected chi connectivity index (χ0v) is 10.5. The molecule has 0 spiro atoms. The topological polar surface area (TPSA) is 83.5 Å². The van der Waals surface area contributed by atoms with Crippen molar-refractivity contribution in [2.24, 2.45) is 11.7 Å². The predicted octanol–water partition coefficient (Wildman–Crippen LogP) is 1.91. The fourth-order valence-corrected chi connectivity index (χ4v) is 1.83. The molecule has 1 rings (SSSR count). The van der Waals surface area contributed by atoms with Crippen LogP contribution >= 0.6 is 0 Å². The molecule has 0 aliphatic heterocycles. The van der Waals surface area contributed by atoms with E-state index in [-0.39, 0.29) is 0 Å². The number of alkyl halides is 3. The number of hydrogen-bond donors (Lipinski definition) is 3. The minimum absolute atomic E-state index is 0.383. The van der Waals surface area contributed by atoms with E-state index in [1.54, 1.807) is 0 Å². The Hall–Kier alpha value is -0.820. The third-order valence-corrected chi connectivity index (χ3v) is 3.01. The molecular weight excluding hydrogens is 251 g/mol. The van der Waals surface area contributed by atoms with Crippen LogP contribution in [0.5, 0.6) is 0 Å². The van der Waals surface area contributed by atoms with Crippen molar-refractivity contribution in [3.63, 3.8) is 0 Å². The van der Waals surface area contributed by atoms with Gasteiger partial charge in [0.1, 0.15) is 0 Å². The van der Waals surface area contributed by atoms with E-state index in [0.717, 1.165) is 25.7 Å². The van der Waals surface area contributed by atoms with E-state index in [1.807, 2.05) is 13.8 Å². The smallest absolute Gasteiger partial charge is 0.475 e. The summed E-state index contributed by atoms with van der Waals surface area (Å²) in [6.07, 6.45) is -0.751. The number of carboxylic acids is 1. The van der Waals surface area contributed by atoms with E-state index in [2.05, 4.69) is 0 Å². The highest BCUT2D eigenvalue weighted by molar-refractivity contribution is 5.73. The van der Waals surface area contributed by atoms with Crippen LogP contribution in [-0.2, 0) is 4.79 Å². The van der Waals surface area contributed by atoms with Gasteiger partial charge in [-0.1, -0.05) is 0 Å². The molecule has 0 aromatic rings. The Balaban J connectivity index is 0.000000360. The maximum Gasteiger partial charge on any atom is 0.490 e. The van der Waals surface area contributed by atoms with Gasteiger partial charge < -0.3 is 15.9 Å². The van der Waals surface area contributed by atoms with Gasteiger partial charge in [0.25, 0.3) is 0 Å². The second kappa shape index (κ2) is 6.38. The van der Waals surface area contributed by atoms with Crippen molar-refractivity contribution >= 4 is 5.97 Å². The first kappa shape index (κ1) is 17.2. The zero-order chi connectivity index (χ0) is 14.6. The molecule has 0 bridgehead atoms. The molecule has 4 N–H and O–H groups in total. The molecule has 0 radical (unpaired) electrons. The third-order valence-electron chi connectivity index (χ3n) is 3.01. The average molecular weight is 271 g/mol. The molecule has 7 heteroatoms. The maximum atomic E-state index is 10.6. The quantitative estimate of drug-likeness (QED) is 0.680. The van der Waals surface area contributed by atoms with Crippen molar-refractivity contribution in [1.29, 1.82) is 0 Å². The number of hydrogen-bond acceptors (Lipinski definition) is 3. The van der Waals surface area contributed by atoms with Crippen LogP contribution in [0.25, 0.3) is 0 Å². The summed E-state index contributed by atoms with van der Waals surface area (Å²) >= 11 is 0. The van der Waals surface area contributed by atoms with E-state index in [9.17, 15) is 18.3 Å². The van der Waals surface area contributed by atoms with E-state index in [1.165, 1.54) is 0 Å². The molecule has 0 unspecified atom stereocenters. The summed E-state index contributed by atoms with van der Waals surface area (Å²) in [5.74, 6) is -2.30. The summed E-state index contributed by atoms with van der Waals surface area (Å²) in [5.41, 5.74) is 5.26. The number of aliphatic hydroxyl groups is 1. The molecule has 18 heavy (non-hydrogen) atoms. The van der Waals surface area contributed by atoms with Crippen molar-refractivity contribution in [1.82, 2.24) is 0 Å². The van der Waals surface area contributed by atoms with Crippen LogP contribution in [0.4, 0.5) is 13.2 Å². The van der Waals surface area contributed by atoms with Crippen LogP contribution in [0, 0.1) is 5.92 Å². The van der Waals surface area contributed by atoms with Crippen LogP contribution in [-0.4, -0.2) is 34.0 Å². The Morgan fingerprint density at radius 2 is 1.50 bits per heavy atom. The van der Waals surface area contributed by atoms with Crippen molar-refractivity contribution in [3.05, 3.63) is 0 Å². The van der Waals surface area contributed by atoms with Crippen LogP contribution in [0.3, 0.4) is 0 Å². The first-order valence-corrected chi connectivity index (χ1v) is 5.72. The van der Waals surface area contributed by atoms with Gasteiger partial charge >= 0.3 is 12.1 Å². The Kier molecular flexibility index (Phi) is 6.09. The third kappa shape index (κ3) is 6.80. The lowest BCUT2D eigenvalue weighted by Crippen LogP contribution is -2.37. The Morgan fingerprint density at radius 1 is 1.17 bits per heavy atom. The number of carbonyl (C=O) groups is 1. The first-order chi connectivity index (χ1) is 7.94. The van der Waals surface area contributed by atoms with Gasteiger partial charge in [0, 0.05) is 6.04 Å². The minimum atomic E-state index is -5.08. The molecule has 1 aliphatic rings. The van der Waals surface area contributed by atoms with Gasteiger partial charge in [-0.3, -0.25) is 0 Å². The molecule has 0 heterocycles. The molecule has 1 fully saturated rings. The summed E-state index contributed by atoms with van der Waals surface area (Å²) in [6.45, 7) is 3.79. The summed E-state index contributed by atoms with van der Waals surface area (Å²) in [7, 11) is 0. The Morgan fingerprint density at radius 3 is 1.72 bits per heavy atom. The average Bonchev–Trinajstić information content (AvgIpc) is 2.16. The van der Waals surface area contributed by atoms with Crippen molar-refractivity contribution < 1.29 is 28.2 Å². The molecule has 0 aromatic heterocycles. The van der Waals surface area contributed by atoms with Gasteiger partial charge in [0.15, 0.2) is 0 Å². The van der Waals surface area contributed by atoms with Crippen molar-refractivity contribution in [2.75, 3.05) is 0 Å². The lowest BCUT2D eigenvalue weighted by molar-refractivity contribution is -0.192. The largest absolute Gasteiger partial charge is 0.490 e. The van der Waals surface area contributed by atoms with Gasteiger partial charge in [-0.2, -0.15) is 13.2 Å². The summed E-state index contributed by atoms with van der Waals surface area (Å²) in [5, 5.41) is 16.8. The van der Waals surface area contributed by atoms with Gasteiger partial charge in [0.05, 0.1) is 5.60 Å². The lowest BCUT2D eigenvalue weighted by Gasteiger charge is -2.34. The van der Waals surface area contributed by atoms with E-state index >= 15 is 0 Å². The molecule has 1 saturated carbocycles. The SMILES string of the molecule is CC(C)(O)C1CCC(N)CC1.O=C(O)C(F)(F)F. The second-order valence-electron chi connectivity index (χ2n) is 5.07. The highest BCUT2D eigenvalue weighted by Crippen LogP contribution is 2.31. The van der Waals surface area contributed by atoms with E-state index < -0.39 is 17.7 Å². The summed E-state index contributed by atoms with van der Waals surface area (Å²) in [6, 6.07) is 0.383. The van der Waals surface area contributed by atoms with E-state index in [0.29, 0.717) is 12.0 Å². The Labute approximate surface area is 104 Å². The highest BCUT2D eigenvalue weighted by atomic mass is 19.4. The number of aliphatic carboxylic acids is 1. The number of rotatable bonds is 1. The molecule has 108 valence electrons. The summed E-state index contributed by atoms with van der Waals surface area (Å²) in [4.78, 5) is 8.90. The second-order valence-corrected chi connectivity index (χ2v) is 5.07. The number of carboxylic acid groups (broad SMARTS) is 1. The molecule has 1 aliphatic carbocycles. The zero-order valence-electron chi connectivity index (χ0n) is 10.5. The summed E-state index contributed by atoms with van der Waals surface area (Å²) < 4.78 is 31.7. The molecule has 0 atom stereocenters. The standard InChI is InChI=1S/C9H19NO.C2HF3O2/c1-9(2,11)7-3-5-8(10)6-4-7;3-2(4,5)1(6)7/h7-8,11H,3-6,10H2,1-2H3;(H,6,7). The normalized spacial score (nSPS) is 25.1. The lowest BCUT2D eigenvalue weighted by atomic mass is 9.77. The number of halogens is 3. The monoisotopic (exact) mass is 271 g/mol. The molecule has 0 saturated heterocycles. The van der Waals surface area contributed by atoms with E-state index in [4.69, 9.17) is 15.6 Å². The molecular formula is C11H20F3NO3. The van der Waals surface area contributed by atoms with Crippen molar-refractivity contribution in [3.8, 4) is 0 Å². The highest BCUT2D eigenvalue weighted by Gasteiger charge is 2.38. The van der Waals surface area contributed by atoms with Gasteiger partial charge in [0.2, 0.25) is 0 Å². The van der Waals surface area contributed by atoms with Crippen LogP contribution < -0.4 is 5.73 Å². The van der Waals surface area contributed by atoms with Gasteiger partial charge in [-0.15, -0.1) is 0 Å². The van der Waals surface area contributed by atoms with Crippen LogP contribution in [0.2, 0.25) is 0 Å². The van der Waals surface area contributed by atoms with Crippen LogP contribution in [0.1, 0.15) is 39.5 Å². The fraction of sp³-hybridized carbons (Fsp3) is 0.909. The fourth-order valence-electron chi connectivity index (χ4n) is 1.83.